The zero-order valence-corrected chi connectivity index (χ0v) is 19.3. The number of amides is 2. The Balaban J connectivity index is 0.000000785. The normalized spacial score (nSPS) is 12.3. The number of benzene rings is 2. The van der Waals surface area contributed by atoms with E-state index in [-0.39, 0.29) is 11.3 Å². The highest BCUT2D eigenvalue weighted by atomic mass is 32.2. The molecule has 3 rings (SSSR count). The average molecular weight is 462 g/mol. The van der Waals surface area contributed by atoms with Crippen LogP contribution in [-0.4, -0.2) is 29.6 Å². The van der Waals surface area contributed by atoms with E-state index in [0.29, 0.717) is 0 Å². The van der Waals surface area contributed by atoms with E-state index in [4.69, 9.17) is 8.76 Å². The third-order valence-corrected chi connectivity index (χ3v) is 5.54. The summed E-state index contributed by atoms with van der Waals surface area (Å²) in [6.45, 7) is 6.18. The molecule has 2 amide bonds. The Labute approximate surface area is 188 Å². The molecule has 166 valence electrons. The number of hydrogen-bond donors (Lipinski definition) is 3. The largest absolute Gasteiger partial charge is 0.760 e. The van der Waals surface area contributed by atoms with E-state index in [2.05, 4.69) is 32.9 Å². The molecule has 0 aliphatic carbocycles. The second kappa shape index (κ2) is 11.6. The van der Waals surface area contributed by atoms with Crippen molar-refractivity contribution in [1.29, 1.82) is 0 Å². The van der Waals surface area contributed by atoms with Crippen molar-refractivity contribution >= 4 is 40.4 Å². The van der Waals surface area contributed by atoms with Gasteiger partial charge < -0.3 is 19.8 Å². The van der Waals surface area contributed by atoms with Gasteiger partial charge in [0.1, 0.15) is 6.33 Å². The van der Waals surface area contributed by atoms with Gasteiger partial charge >= 0.3 is 6.03 Å². The minimum absolute atomic E-state index is 0.178. The predicted molar refractivity (Wildman–Crippen MR) is 123 cm³/mol. The smallest absolute Gasteiger partial charge is 0.323 e. The fourth-order valence-electron chi connectivity index (χ4n) is 2.59. The van der Waals surface area contributed by atoms with E-state index in [1.165, 1.54) is 5.56 Å². The number of nitrogens with one attached hydrogen (secondary N) is 2. The van der Waals surface area contributed by atoms with Crippen LogP contribution in [0.5, 0.6) is 0 Å². The molecule has 2 atom stereocenters. The number of hydrogen-bond acceptors (Lipinski definition) is 6. The first-order valence-electron chi connectivity index (χ1n) is 9.25. The summed E-state index contributed by atoms with van der Waals surface area (Å²) in [5.74, 6) is 0. The molecule has 4 N–H and O–H groups in total. The minimum atomic E-state index is -2.36. The molecular weight excluding hydrogens is 436 g/mol. The topological polar surface area (TPSA) is 138 Å². The number of anilines is 2. The maximum Gasteiger partial charge on any atom is 0.323 e. The third kappa shape index (κ3) is 8.13. The number of aromatic nitrogens is 3. The van der Waals surface area contributed by atoms with Crippen molar-refractivity contribution < 1.29 is 13.6 Å². The summed E-state index contributed by atoms with van der Waals surface area (Å²) in [5, 5.41) is 18.8. The number of rotatable bonds is 5. The Kier molecular flexibility index (Phi) is 9.19. The van der Waals surface area contributed by atoms with E-state index >= 15 is 0 Å². The number of aryl methyl sites for hydroxylation is 3. The fourth-order valence-corrected chi connectivity index (χ4v) is 3.49. The van der Waals surface area contributed by atoms with Crippen molar-refractivity contribution in [3.63, 3.8) is 0 Å². The molecule has 2 aromatic carbocycles. The Morgan fingerprint density at radius 2 is 1.81 bits per heavy atom. The first kappa shape index (κ1) is 24.5. The molecule has 0 aliphatic heterocycles. The first-order valence-corrected chi connectivity index (χ1v) is 11.3. The first-order chi connectivity index (χ1) is 14.7. The minimum Gasteiger partial charge on any atom is -0.760 e. The van der Waals surface area contributed by atoms with Crippen LogP contribution in [0, 0.1) is 13.8 Å². The molecule has 1 heterocycles. The van der Waals surface area contributed by atoms with Gasteiger partial charge in [0.25, 0.3) is 0 Å². The van der Waals surface area contributed by atoms with Crippen LogP contribution in [0.1, 0.15) is 28.9 Å². The highest BCUT2D eigenvalue weighted by molar-refractivity contribution is 7.99. The van der Waals surface area contributed by atoms with Gasteiger partial charge in [0, 0.05) is 34.9 Å². The molecule has 0 spiro atoms. The summed E-state index contributed by atoms with van der Waals surface area (Å²) in [6, 6.07) is 13.4. The van der Waals surface area contributed by atoms with E-state index in [1.54, 1.807) is 18.1 Å². The molecule has 31 heavy (non-hydrogen) atoms. The third-order valence-electron chi connectivity index (χ3n) is 4.33. The van der Waals surface area contributed by atoms with Crippen molar-refractivity contribution in [2.24, 2.45) is 12.2 Å². The number of thioether (sulfide) groups is 1. The lowest BCUT2D eigenvalue weighted by molar-refractivity contribution is 0.262. The van der Waals surface area contributed by atoms with Gasteiger partial charge in [-0.15, -0.1) is 10.2 Å². The number of urea groups is 1. The standard InChI is InChI=1S/C20H23N5OS.H3NO2S/c1-13-8-9-18(10-14(13)2)23-19(26)22-17-7-5-6-16(11-17)15(3)27-20-24-21-12-25(20)4;1-4(2)3/h5-12,15H,1-4H3,(H2,22,23,26);1H2,(H,2,3)/p-1. The van der Waals surface area contributed by atoms with Crippen LogP contribution in [0.15, 0.2) is 53.9 Å². The number of carbonyl (C=O) groups is 1. The molecule has 0 fully saturated rings. The lowest BCUT2D eigenvalue weighted by Crippen LogP contribution is -2.19. The van der Waals surface area contributed by atoms with Crippen LogP contribution in [0.4, 0.5) is 16.2 Å². The summed E-state index contributed by atoms with van der Waals surface area (Å²) in [4.78, 5) is 12.3. The van der Waals surface area contributed by atoms with Crippen LogP contribution in [0.25, 0.3) is 0 Å². The van der Waals surface area contributed by atoms with Crippen LogP contribution >= 0.6 is 11.8 Å². The van der Waals surface area contributed by atoms with E-state index in [1.807, 2.05) is 67.9 Å². The molecule has 0 aliphatic rings. The maximum absolute atomic E-state index is 12.3. The van der Waals surface area contributed by atoms with Gasteiger partial charge in [0.15, 0.2) is 5.16 Å². The molecule has 1 aromatic heterocycles. The average Bonchev–Trinajstić information content (AvgIpc) is 3.09. The Bertz CT molecular complexity index is 1050. The Hall–Kier alpha value is -2.73. The monoisotopic (exact) mass is 461 g/mol. The predicted octanol–water partition coefficient (Wildman–Crippen LogP) is 3.67. The number of nitrogens with two attached hydrogens (primary N) is 1. The van der Waals surface area contributed by atoms with E-state index in [0.717, 1.165) is 27.7 Å². The summed E-state index contributed by atoms with van der Waals surface area (Å²) >= 11 is -0.737. The molecule has 11 heteroatoms. The fraction of sp³-hybridized carbons (Fsp3) is 0.250. The maximum atomic E-state index is 12.3. The number of nitrogens with zero attached hydrogens (tertiary/aromatic N) is 3. The van der Waals surface area contributed by atoms with Crippen molar-refractivity contribution in [2.75, 3.05) is 10.6 Å². The van der Waals surface area contributed by atoms with Gasteiger partial charge in [-0.3, -0.25) is 9.35 Å². The summed E-state index contributed by atoms with van der Waals surface area (Å²) in [5.41, 5.74) is 4.97. The lowest BCUT2D eigenvalue weighted by atomic mass is 10.1. The highest BCUT2D eigenvalue weighted by Crippen LogP contribution is 2.34. The lowest BCUT2D eigenvalue weighted by Gasteiger charge is -2.13. The van der Waals surface area contributed by atoms with Crippen LogP contribution in [0.3, 0.4) is 0 Å². The van der Waals surface area contributed by atoms with Crippen LogP contribution in [0.2, 0.25) is 0 Å². The van der Waals surface area contributed by atoms with Gasteiger partial charge in [-0.1, -0.05) is 30.0 Å². The molecule has 0 bridgehead atoms. The summed E-state index contributed by atoms with van der Waals surface area (Å²) < 4.78 is 19.4. The van der Waals surface area contributed by atoms with Gasteiger partial charge in [-0.25, -0.2) is 4.79 Å². The van der Waals surface area contributed by atoms with Gasteiger partial charge in [0.2, 0.25) is 0 Å². The highest BCUT2D eigenvalue weighted by Gasteiger charge is 2.12. The second-order valence-electron chi connectivity index (χ2n) is 6.75. The Morgan fingerprint density at radius 3 is 2.39 bits per heavy atom. The zero-order valence-electron chi connectivity index (χ0n) is 17.7. The molecule has 0 radical (unpaired) electrons. The van der Waals surface area contributed by atoms with Gasteiger partial charge in [-0.05, 0) is 61.7 Å². The van der Waals surface area contributed by atoms with E-state index in [9.17, 15) is 4.79 Å². The Morgan fingerprint density at radius 1 is 1.16 bits per heavy atom. The molecule has 2 unspecified atom stereocenters. The second-order valence-corrected chi connectivity index (χ2v) is 8.58. The van der Waals surface area contributed by atoms with Crippen LogP contribution < -0.4 is 15.8 Å². The molecule has 0 saturated carbocycles. The van der Waals surface area contributed by atoms with Crippen LogP contribution in [-0.2, 0) is 18.3 Å². The van der Waals surface area contributed by atoms with Crippen molar-refractivity contribution in [2.45, 2.75) is 31.2 Å². The quantitative estimate of drug-likeness (QED) is 0.391. The molecule has 9 nitrogen and oxygen atoms in total. The van der Waals surface area contributed by atoms with Crippen molar-refractivity contribution in [3.8, 4) is 0 Å². The molecule has 0 saturated heterocycles. The zero-order chi connectivity index (χ0) is 23.0. The van der Waals surface area contributed by atoms with Crippen molar-refractivity contribution in [1.82, 2.24) is 14.8 Å². The SMILES string of the molecule is Cc1ccc(NC(=O)Nc2cccc(C(C)Sc3nncn3C)c2)cc1C.NS(=O)[O-]. The summed E-state index contributed by atoms with van der Waals surface area (Å²) in [7, 11) is 1.92. The molecule has 3 aromatic rings. The summed E-state index contributed by atoms with van der Waals surface area (Å²) in [6.07, 6.45) is 1.68. The van der Waals surface area contributed by atoms with Gasteiger partial charge in [0.05, 0.1) is 0 Å². The van der Waals surface area contributed by atoms with Crippen molar-refractivity contribution in [3.05, 3.63) is 65.5 Å². The molecular formula is C20H25N6O3S2-. The van der Waals surface area contributed by atoms with Gasteiger partial charge in [-0.2, -0.15) is 0 Å². The van der Waals surface area contributed by atoms with E-state index < -0.39 is 11.3 Å². The number of carbonyl (C=O) groups excluding carboxylic acids is 1.